The van der Waals surface area contributed by atoms with Crippen molar-refractivity contribution in [3.05, 3.63) is 21.4 Å². The molecule has 0 fully saturated rings. The summed E-state index contributed by atoms with van der Waals surface area (Å²) < 4.78 is 0. The first-order chi connectivity index (χ1) is 7.13. The molecular formula is C11H18N2OS. The molecule has 2 amide bonds. The number of hydrogen-bond acceptors (Lipinski definition) is 2. The predicted octanol–water partition coefficient (Wildman–Crippen LogP) is 2.57. The van der Waals surface area contributed by atoms with Gasteiger partial charge in [-0.2, -0.15) is 0 Å². The van der Waals surface area contributed by atoms with Crippen molar-refractivity contribution in [3.63, 3.8) is 0 Å². The van der Waals surface area contributed by atoms with Gasteiger partial charge < -0.3 is 10.6 Å². The zero-order valence-corrected chi connectivity index (χ0v) is 10.3. The van der Waals surface area contributed by atoms with Crippen LogP contribution >= 0.6 is 11.3 Å². The number of carbonyl (C=O) groups excluding carboxylic acids is 1. The Balaban J connectivity index is 2.33. The molecule has 4 heteroatoms. The lowest BCUT2D eigenvalue weighted by Gasteiger charge is -2.04. The Hall–Kier alpha value is -1.03. The number of hydrogen-bond donors (Lipinski definition) is 2. The van der Waals surface area contributed by atoms with Gasteiger partial charge in [0, 0.05) is 16.3 Å². The van der Waals surface area contributed by atoms with Crippen LogP contribution < -0.4 is 10.6 Å². The Morgan fingerprint density at radius 1 is 1.40 bits per heavy atom. The fraction of sp³-hybridized carbons (Fsp3) is 0.545. The van der Waals surface area contributed by atoms with Gasteiger partial charge >= 0.3 is 6.03 Å². The molecule has 15 heavy (non-hydrogen) atoms. The minimum Gasteiger partial charge on any atom is -0.338 e. The monoisotopic (exact) mass is 226 g/mol. The minimum atomic E-state index is -0.0828. The number of urea groups is 1. The standard InChI is InChI=1S/C11H18N2OS/c1-4-5-12-11(14)13-7-10-6-8(2)9(3)15-10/h6H,4-5,7H2,1-3H3,(H2,12,13,14). The maximum atomic E-state index is 11.2. The normalized spacial score (nSPS) is 10.1. The molecule has 1 rings (SSSR count). The highest BCUT2D eigenvalue weighted by molar-refractivity contribution is 7.12. The van der Waals surface area contributed by atoms with Crippen molar-refractivity contribution in [2.75, 3.05) is 6.54 Å². The molecule has 0 bridgehead atoms. The maximum absolute atomic E-state index is 11.2. The molecule has 0 unspecified atom stereocenters. The summed E-state index contributed by atoms with van der Waals surface area (Å²) in [7, 11) is 0. The van der Waals surface area contributed by atoms with Crippen LogP contribution in [0.25, 0.3) is 0 Å². The van der Waals surface area contributed by atoms with Gasteiger partial charge in [0.1, 0.15) is 0 Å². The number of rotatable bonds is 4. The molecule has 1 heterocycles. The van der Waals surface area contributed by atoms with E-state index in [1.807, 2.05) is 6.92 Å². The summed E-state index contributed by atoms with van der Waals surface area (Å²) in [6, 6.07) is 2.04. The highest BCUT2D eigenvalue weighted by atomic mass is 32.1. The van der Waals surface area contributed by atoms with Crippen LogP contribution in [0.5, 0.6) is 0 Å². The Labute approximate surface area is 94.9 Å². The molecule has 1 aromatic rings. The highest BCUT2D eigenvalue weighted by Crippen LogP contribution is 2.19. The van der Waals surface area contributed by atoms with Crippen LogP contribution in [0.1, 0.15) is 28.7 Å². The van der Waals surface area contributed by atoms with Crippen LogP contribution in [-0.2, 0) is 6.54 Å². The third-order valence-corrected chi connectivity index (χ3v) is 3.33. The van der Waals surface area contributed by atoms with Crippen LogP contribution in [0.15, 0.2) is 6.07 Å². The smallest absolute Gasteiger partial charge is 0.315 e. The van der Waals surface area contributed by atoms with Crippen molar-refractivity contribution < 1.29 is 4.79 Å². The van der Waals surface area contributed by atoms with E-state index >= 15 is 0 Å². The van der Waals surface area contributed by atoms with E-state index in [-0.39, 0.29) is 6.03 Å². The quantitative estimate of drug-likeness (QED) is 0.814. The van der Waals surface area contributed by atoms with E-state index in [9.17, 15) is 4.79 Å². The van der Waals surface area contributed by atoms with Gasteiger partial charge in [-0.1, -0.05) is 6.92 Å². The van der Waals surface area contributed by atoms with E-state index in [1.54, 1.807) is 11.3 Å². The third kappa shape index (κ3) is 3.91. The van der Waals surface area contributed by atoms with E-state index in [2.05, 4.69) is 30.5 Å². The fourth-order valence-corrected chi connectivity index (χ4v) is 2.20. The first-order valence-corrected chi connectivity index (χ1v) is 6.02. The number of carbonyl (C=O) groups is 1. The molecule has 0 saturated carbocycles. The summed E-state index contributed by atoms with van der Waals surface area (Å²) in [5.41, 5.74) is 1.30. The maximum Gasteiger partial charge on any atom is 0.315 e. The van der Waals surface area contributed by atoms with Gasteiger partial charge in [0.15, 0.2) is 0 Å². The summed E-state index contributed by atoms with van der Waals surface area (Å²) >= 11 is 1.74. The average Bonchev–Trinajstić information content (AvgIpc) is 2.52. The van der Waals surface area contributed by atoms with Crippen molar-refractivity contribution in [2.24, 2.45) is 0 Å². The molecule has 1 aromatic heterocycles. The van der Waals surface area contributed by atoms with Crippen molar-refractivity contribution in [2.45, 2.75) is 33.7 Å². The summed E-state index contributed by atoms with van der Waals surface area (Å²) in [5, 5.41) is 5.61. The zero-order chi connectivity index (χ0) is 11.3. The van der Waals surface area contributed by atoms with Gasteiger partial charge in [-0.05, 0) is 31.9 Å². The third-order valence-electron chi connectivity index (χ3n) is 2.18. The largest absolute Gasteiger partial charge is 0.338 e. The SMILES string of the molecule is CCCNC(=O)NCc1cc(C)c(C)s1. The summed E-state index contributed by atoms with van der Waals surface area (Å²) in [4.78, 5) is 13.8. The van der Waals surface area contributed by atoms with E-state index in [0.29, 0.717) is 6.54 Å². The molecule has 3 nitrogen and oxygen atoms in total. The summed E-state index contributed by atoms with van der Waals surface area (Å²) in [6.07, 6.45) is 0.963. The van der Waals surface area contributed by atoms with Crippen molar-refractivity contribution in [1.29, 1.82) is 0 Å². The second kappa shape index (κ2) is 5.75. The summed E-state index contributed by atoms with van der Waals surface area (Å²) in [6.45, 7) is 7.57. The molecule has 0 saturated heterocycles. The Kier molecular flexibility index (Phi) is 4.62. The molecule has 0 aromatic carbocycles. The summed E-state index contributed by atoms with van der Waals surface area (Å²) in [5.74, 6) is 0. The molecule has 0 atom stereocenters. The Bertz CT molecular complexity index is 314. The van der Waals surface area contributed by atoms with E-state index in [0.717, 1.165) is 13.0 Å². The van der Waals surface area contributed by atoms with Crippen molar-refractivity contribution >= 4 is 17.4 Å². The molecule has 0 spiro atoms. The lowest BCUT2D eigenvalue weighted by Crippen LogP contribution is -2.35. The molecule has 84 valence electrons. The fourth-order valence-electron chi connectivity index (χ4n) is 1.21. The Morgan fingerprint density at radius 3 is 2.67 bits per heavy atom. The zero-order valence-electron chi connectivity index (χ0n) is 9.52. The lowest BCUT2D eigenvalue weighted by atomic mass is 10.3. The van der Waals surface area contributed by atoms with Crippen molar-refractivity contribution in [1.82, 2.24) is 10.6 Å². The van der Waals surface area contributed by atoms with E-state index in [1.165, 1.54) is 15.3 Å². The average molecular weight is 226 g/mol. The van der Waals surface area contributed by atoms with Crippen LogP contribution in [0, 0.1) is 13.8 Å². The molecule has 2 N–H and O–H groups in total. The first-order valence-electron chi connectivity index (χ1n) is 5.21. The van der Waals surface area contributed by atoms with Gasteiger partial charge in [-0.15, -0.1) is 11.3 Å². The first kappa shape index (κ1) is 12.0. The minimum absolute atomic E-state index is 0.0828. The number of nitrogens with one attached hydrogen (secondary N) is 2. The number of aryl methyl sites for hydroxylation is 2. The van der Waals surface area contributed by atoms with Gasteiger partial charge in [-0.25, -0.2) is 4.79 Å². The van der Waals surface area contributed by atoms with Gasteiger partial charge in [0.05, 0.1) is 6.54 Å². The van der Waals surface area contributed by atoms with E-state index in [4.69, 9.17) is 0 Å². The topological polar surface area (TPSA) is 41.1 Å². The van der Waals surface area contributed by atoms with Gasteiger partial charge in [-0.3, -0.25) is 0 Å². The molecule has 0 radical (unpaired) electrons. The highest BCUT2D eigenvalue weighted by Gasteiger charge is 2.03. The van der Waals surface area contributed by atoms with Gasteiger partial charge in [0.25, 0.3) is 0 Å². The molecular weight excluding hydrogens is 208 g/mol. The second-order valence-electron chi connectivity index (χ2n) is 3.56. The second-order valence-corrected chi connectivity index (χ2v) is 4.90. The lowest BCUT2D eigenvalue weighted by molar-refractivity contribution is 0.240. The molecule has 0 aliphatic heterocycles. The van der Waals surface area contributed by atoms with Crippen LogP contribution in [-0.4, -0.2) is 12.6 Å². The predicted molar refractivity (Wildman–Crippen MR) is 64.3 cm³/mol. The van der Waals surface area contributed by atoms with Crippen molar-refractivity contribution in [3.8, 4) is 0 Å². The van der Waals surface area contributed by atoms with Crippen LogP contribution in [0.2, 0.25) is 0 Å². The van der Waals surface area contributed by atoms with E-state index < -0.39 is 0 Å². The van der Waals surface area contributed by atoms with Gasteiger partial charge in [0.2, 0.25) is 0 Å². The molecule has 0 aliphatic carbocycles. The molecule has 0 aliphatic rings. The number of amides is 2. The number of thiophene rings is 1. The van der Waals surface area contributed by atoms with Crippen LogP contribution in [0.4, 0.5) is 4.79 Å². The van der Waals surface area contributed by atoms with Crippen LogP contribution in [0.3, 0.4) is 0 Å². The Morgan fingerprint density at radius 2 is 2.13 bits per heavy atom.